The molecular weight excluding hydrogens is 305 g/mol. The monoisotopic (exact) mass is 329 g/mol. The van der Waals surface area contributed by atoms with E-state index in [4.69, 9.17) is 11.6 Å². The zero-order chi connectivity index (χ0) is 15.1. The van der Waals surface area contributed by atoms with Crippen LogP contribution in [0.1, 0.15) is 44.6 Å². The number of hydrogen-bond acceptors (Lipinski definition) is 2. The van der Waals surface area contributed by atoms with Gasteiger partial charge in [0.2, 0.25) is 0 Å². The second-order valence-corrected chi connectivity index (χ2v) is 7.53. The molecule has 0 spiro atoms. The van der Waals surface area contributed by atoms with E-state index in [1.165, 1.54) is 38.2 Å². The minimum absolute atomic E-state index is 0.204. The Balaban J connectivity index is 1.89. The van der Waals surface area contributed by atoms with Crippen molar-refractivity contribution in [2.24, 2.45) is 0 Å². The van der Waals surface area contributed by atoms with Gasteiger partial charge >= 0.3 is 0 Å². The molecule has 1 N–H and O–H groups in total. The molecule has 1 unspecified atom stereocenters. The first kappa shape index (κ1) is 17.1. The Hall–Kier alpha value is -0.250. The lowest BCUT2D eigenvalue weighted by molar-refractivity contribution is 0.513. The van der Waals surface area contributed by atoms with Gasteiger partial charge in [0.15, 0.2) is 0 Å². The average Bonchev–Trinajstić information content (AvgIpc) is 2.50. The highest BCUT2D eigenvalue weighted by Gasteiger charge is 2.17. The highest BCUT2D eigenvalue weighted by atomic mass is 35.5. The molecule has 0 heterocycles. The number of hydrogen-bond donors (Lipinski definition) is 1. The third-order valence-corrected chi connectivity index (χ3v) is 5.96. The summed E-state index contributed by atoms with van der Waals surface area (Å²) in [4.78, 5) is 0. The molecule has 4 heteroatoms. The maximum Gasteiger partial charge on any atom is 0.123 e. The van der Waals surface area contributed by atoms with Gasteiger partial charge in [-0.3, -0.25) is 0 Å². The van der Waals surface area contributed by atoms with Crippen LogP contribution in [0.3, 0.4) is 0 Å². The van der Waals surface area contributed by atoms with Crippen LogP contribution < -0.4 is 5.32 Å². The summed E-state index contributed by atoms with van der Waals surface area (Å²) in [5, 5.41) is 4.99. The maximum absolute atomic E-state index is 13.4. The molecule has 1 saturated carbocycles. The molecule has 0 saturated heterocycles. The van der Waals surface area contributed by atoms with Crippen molar-refractivity contribution in [3.05, 3.63) is 34.6 Å². The van der Waals surface area contributed by atoms with Crippen molar-refractivity contribution in [2.75, 3.05) is 12.3 Å². The summed E-state index contributed by atoms with van der Waals surface area (Å²) < 4.78 is 13.4. The summed E-state index contributed by atoms with van der Waals surface area (Å²) in [6.45, 7) is 3.05. The lowest BCUT2D eigenvalue weighted by Gasteiger charge is -2.24. The molecule has 1 atom stereocenters. The number of rotatable bonds is 7. The largest absolute Gasteiger partial charge is 0.313 e. The molecule has 1 aliphatic rings. The molecule has 0 radical (unpaired) electrons. The van der Waals surface area contributed by atoms with Crippen LogP contribution in [0.5, 0.6) is 0 Å². The third kappa shape index (κ3) is 5.80. The summed E-state index contributed by atoms with van der Waals surface area (Å²) in [5.41, 5.74) is 0.909. The van der Waals surface area contributed by atoms with Crippen LogP contribution in [0, 0.1) is 5.82 Å². The normalized spacial score (nSPS) is 17.9. The summed E-state index contributed by atoms with van der Waals surface area (Å²) in [5.74, 6) is 0.871. The van der Waals surface area contributed by atoms with Crippen molar-refractivity contribution in [1.82, 2.24) is 5.32 Å². The second-order valence-electron chi connectivity index (χ2n) is 5.79. The smallest absolute Gasteiger partial charge is 0.123 e. The quantitative estimate of drug-likeness (QED) is 0.750. The van der Waals surface area contributed by atoms with Crippen molar-refractivity contribution < 1.29 is 4.39 Å². The van der Waals surface area contributed by atoms with Crippen LogP contribution >= 0.6 is 23.4 Å². The summed E-state index contributed by atoms with van der Waals surface area (Å²) in [6.07, 6.45) is 7.64. The van der Waals surface area contributed by atoms with Gasteiger partial charge in [0.25, 0.3) is 0 Å². The van der Waals surface area contributed by atoms with E-state index in [1.54, 1.807) is 12.1 Å². The highest BCUT2D eigenvalue weighted by Crippen LogP contribution is 2.29. The zero-order valence-electron chi connectivity index (χ0n) is 12.7. The van der Waals surface area contributed by atoms with Crippen LogP contribution in [0.25, 0.3) is 0 Å². The third-order valence-electron chi connectivity index (χ3n) is 4.05. The van der Waals surface area contributed by atoms with Crippen LogP contribution in [0.15, 0.2) is 18.2 Å². The van der Waals surface area contributed by atoms with Gasteiger partial charge in [0.1, 0.15) is 5.82 Å². The molecule has 1 aliphatic carbocycles. The Morgan fingerprint density at radius 3 is 2.81 bits per heavy atom. The molecule has 0 amide bonds. The molecule has 1 aromatic carbocycles. The first-order valence-corrected chi connectivity index (χ1v) is 9.40. The Morgan fingerprint density at radius 2 is 2.10 bits per heavy atom. The van der Waals surface area contributed by atoms with E-state index >= 15 is 0 Å². The minimum atomic E-state index is -0.204. The fraction of sp³-hybridized carbons (Fsp3) is 0.647. The number of likely N-dealkylation sites (N-methyl/N-ethyl adjacent to an activating group) is 1. The Kier molecular flexibility index (Phi) is 7.35. The minimum Gasteiger partial charge on any atom is -0.313 e. The molecule has 1 nitrogen and oxygen atoms in total. The Morgan fingerprint density at radius 1 is 1.33 bits per heavy atom. The van der Waals surface area contributed by atoms with E-state index in [9.17, 15) is 4.39 Å². The lowest BCUT2D eigenvalue weighted by Crippen LogP contribution is -2.34. The van der Waals surface area contributed by atoms with E-state index in [2.05, 4.69) is 24.0 Å². The molecule has 0 aliphatic heterocycles. The van der Waals surface area contributed by atoms with E-state index < -0.39 is 0 Å². The number of benzene rings is 1. The molecular formula is C17H25ClFNS. The summed E-state index contributed by atoms with van der Waals surface area (Å²) in [7, 11) is 0. The van der Waals surface area contributed by atoms with Gasteiger partial charge in [0.05, 0.1) is 0 Å². The fourth-order valence-electron chi connectivity index (χ4n) is 2.93. The predicted octanol–water partition coefficient (Wildman–Crippen LogP) is 5.07. The van der Waals surface area contributed by atoms with Gasteiger partial charge < -0.3 is 5.32 Å². The Labute approximate surface area is 137 Å². The van der Waals surface area contributed by atoms with Crippen LogP contribution in [0.4, 0.5) is 4.39 Å². The summed E-state index contributed by atoms with van der Waals surface area (Å²) in [6, 6.07) is 5.01. The molecule has 0 bridgehead atoms. The van der Waals surface area contributed by atoms with E-state index in [0.717, 1.165) is 29.5 Å². The van der Waals surface area contributed by atoms with Gasteiger partial charge in [-0.2, -0.15) is 11.8 Å². The number of thioether (sulfide) groups is 1. The molecule has 118 valence electrons. The van der Waals surface area contributed by atoms with Gasteiger partial charge in [-0.05, 0) is 49.6 Å². The molecule has 1 fully saturated rings. The number of halogens is 2. The fourth-order valence-corrected chi connectivity index (χ4v) is 4.53. The SMILES string of the molecule is CCNC(CSC1CCCCC1)Cc1cc(F)ccc1Cl. The zero-order valence-corrected chi connectivity index (χ0v) is 14.3. The van der Waals surface area contributed by atoms with E-state index in [1.807, 2.05) is 0 Å². The molecule has 21 heavy (non-hydrogen) atoms. The van der Waals surface area contributed by atoms with Crippen molar-refractivity contribution in [2.45, 2.75) is 56.7 Å². The van der Waals surface area contributed by atoms with Crippen LogP contribution in [-0.4, -0.2) is 23.6 Å². The molecule has 2 rings (SSSR count). The van der Waals surface area contributed by atoms with Crippen LogP contribution in [-0.2, 0) is 6.42 Å². The topological polar surface area (TPSA) is 12.0 Å². The van der Waals surface area contributed by atoms with Gasteiger partial charge in [0, 0.05) is 22.1 Å². The highest BCUT2D eigenvalue weighted by molar-refractivity contribution is 7.99. The maximum atomic E-state index is 13.4. The van der Waals surface area contributed by atoms with Gasteiger partial charge in [-0.15, -0.1) is 0 Å². The molecule has 0 aromatic heterocycles. The predicted molar refractivity (Wildman–Crippen MR) is 91.9 cm³/mol. The van der Waals surface area contributed by atoms with E-state index in [0.29, 0.717) is 11.1 Å². The molecule has 1 aromatic rings. The van der Waals surface area contributed by atoms with Crippen molar-refractivity contribution in [3.8, 4) is 0 Å². The van der Waals surface area contributed by atoms with Gasteiger partial charge in [-0.1, -0.05) is 37.8 Å². The van der Waals surface area contributed by atoms with Crippen LogP contribution in [0.2, 0.25) is 5.02 Å². The second kappa shape index (κ2) is 9.02. The Bertz CT molecular complexity index is 435. The van der Waals surface area contributed by atoms with Gasteiger partial charge in [-0.25, -0.2) is 4.39 Å². The first-order valence-electron chi connectivity index (χ1n) is 7.98. The van der Waals surface area contributed by atoms with Crippen molar-refractivity contribution in [1.29, 1.82) is 0 Å². The van der Waals surface area contributed by atoms with E-state index in [-0.39, 0.29) is 5.82 Å². The van der Waals surface area contributed by atoms with Crippen molar-refractivity contribution >= 4 is 23.4 Å². The average molecular weight is 330 g/mol. The lowest BCUT2D eigenvalue weighted by atomic mass is 10.0. The summed E-state index contributed by atoms with van der Waals surface area (Å²) >= 11 is 8.26. The first-order chi connectivity index (χ1) is 10.2. The van der Waals surface area contributed by atoms with Crippen molar-refractivity contribution in [3.63, 3.8) is 0 Å². The standard InChI is InChI=1S/C17H25ClFNS/c1-2-20-15(12-21-16-6-4-3-5-7-16)11-13-10-14(19)8-9-17(13)18/h8-10,15-16,20H,2-7,11-12H2,1H3. The number of nitrogens with one attached hydrogen (secondary N) is 1.